The van der Waals surface area contributed by atoms with Crippen LogP contribution in [0.4, 0.5) is 0 Å². The molecule has 0 aliphatic heterocycles. The van der Waals surface area contributed by atoms with Gasteiger partial charge in [0.05, 0.1) is 11.1 Å². The molecule has 0 bridgehead atoms. The molecule has 1 aliphatic carbocycles. The number of phenols is 1. The van der Waals surface area contributed by atoms with E-state index in [1.807, 2.05) is 30.3 Å². The maximum absolute atomic E-state index is 12.9. The van der Waals surface area contributed by atoms with Crippen LogP contribution in [0.1, 0.15) is 31.8 Å². The number of aromatic hydroxyl groups is 1. The van der Waals surface area contributed by atoms with Gasteiger partial charge < -0.3 is 5.11 Å². The van der Waals surface area contributed by atoms with Crippen LogP contribution in [0, 0.1) is 0 Å². The standard InChI is InChI=1S/C20H12O3S/c21-15-10-11-16(24-12-6-2-1-3-7-12)18-17(15)19(22)13-8-4-5-9-14(13)20(18)23/h1-11,21H. The summed E-state index contributed by atoms with van der Waals surface area (Å²) < 4.78 is 0. The van der Waals surface area contributed by atoms with Crippen LogP contribution < -0.4 is 0 Å². The number of carbonyl (C=O) groups is 2. The fourth-order valence-corrected chi connectivity index (χ4v) is 3.86. The van der Waals surface area contributed by atoms with Gasteiger partial charge in [-0.25, -0.2) is 0 Å². The average Bonchev–Trinajstić information content (AvgIpc) is 2.62. The Morgan fingerprint density at radius 3 is 1.92 bits per heavy atom. The lowest BCUT2D eigenvalue weighted by molar-refractivity contribution is 0.0974. The molecule has 3 nitrogen and oxygen atoms in total. The zero-order valence-electron chi connectivity index (χ0n) is 12.5. The van der Waals surface area contributed by atoms with E-state index >= 15 is 0 Å². The molecular formula is C20H12O3S. The van der Waals surface area contributed by atoms with E-state index in [2.05, 4.69) is 0 Å². The molecule has 0 radical (unpaired) electrons. The van der Waals surface area contributed by atoms with Crippen molar-refractivity contribution < 1.29 is 14.7 Å². The summed E-state index contributed by atoms with van der Waals surface area (Å²) in [6, 6.07) is 19.5. The molecule has 1 aliphatic rings. The van der Waals surface area contributed by atoms with Crippen LogP contribution in [0.3, 0.4) is 0 Å². The Labute approximate surface area is 143 Å². The molecule has 0 amide bonds. The SMILES string of the molecule is O=C1c2ccccc2C(=O)c2c(Sc3ccccc3)ccc(O)c21. The van der Waals surface area contributed by atoms with Gasteiger partial charge >= 0.3 is 0 Å². The highest BCUT2D eigenvalue weighted by Gasteiger charge is 2.33. The molecule has 1 N–H and O–H groups in total. The van der Waals surface area contributed by atoms with Gasteiger partial charge in [0.2, 0.25) is 0 Å². The number of ketones is 2. The molecule has 0 atom stereocenters. The van der Waals surface area contributed by atoms with Crippen molar-refractivity contribution >= 4 is 23.3 Å². The van der Waals surface area contributed by atoms with Gasteiger partial charge in [-0.2, -0.15) is 0 Å². The second-order valence-electron chi connectivity index (χ2n) is 5.45. The third-order valence-electron chi connectivity index (χ3n) is 3.99. The molecule has 4 rings (SSSR count). The molecule has 116 valence electrons. The first-order chi connectivity index (χ1) is 11.7. The third kappa shape index (κ3) is 2.23. The predicted octanol–water partition coefficient (Wildman–Crippen LogP) is 4.32. The number of fused-ring (bicyclic) bond motifs is 2. The van der Waals surface area contributed by atoms with Crippen molar-refractivity contribution in [2.45, 2.75) is 9.79 Å². The largest absolute Gasteiger partial charge is 0.507 e. The van der Waals surface area contributed by atoms with Crippen molar-refractivity contribution in [2.75, 3.05) is 0 Å². The van der Waals surface area contributed by atoms with Crippen LogP contribution in [0.2, 0.25) is 0 Å². The summed E-state index contributed by atoms with van der Waals surface area (Å²) in [7, 11) is 0. The van der Waals surface area contributed by atoms with Crippen molar-refractivity contribution in [1.82, 2.24) is 0 Å². The maximum atomic E-state index is 12.9. The summed E-state index contributed by atoms with van der Waals surface area (Å²) in [5.74, 6) is -0.696. The monoisotopic (exact) mass is 332 g/mol. The molecule has 0 aromatic heterocycles. The molecule has 0 saturated carbocycles. The number of hydrogen-bond acceptors (Lipinski definition) is 4. The van der Waals surface area contributed by atoms with Crippen molar-refractivity contribution in [3.05, 3.63) is 89.0 Å². The Kier molecular flexibility index (Phi) is 3.47. The Hall–Kier alpha value is -2.85. The van der Waals surface area contributed by atoms with Crippen molar-refractivity contribution in [2.24, 2.45) is 0 Å². The Bertz CT molecular complexity index is 977. The number of carbonyl (C=O) groups excluding carboxylic acids is 2. The van der Waals surface area contributed by atoms with E-state index in [-0.39, 0.29) is 28.4 Å². The van der Waals surface area contributed by atoms with Gasteiger partial charge in [-0.15, -0.1) is 0 Å². The summed E-state index contributed by atoms with van der Waals surface area (Å²) in [4.78, 5) is 27.3. The molecule has 0 heterocycles. The molecule has 4 heteroatoms. The van der Waals surface area contributed by atoms with Gasteiger partial charge in [-0.05, 0) is 24.3 Å². The topological polar surface area (TPSA) is 54.4 Å². The van der Waals surface area contributed by atoms with Crippen LogP contribution >= 0.6 is 11.8 Å². The third-order valence-corrected chi connectivity index (χ3v) is 5.05. The Morgan fingerprint density at radius 1 is 0.667 bits per heavy atom. The van der Waals surface area contributed by atoms with Crippen LogP contribution in [0.25, 0.3) is 0 Å². The molecule has 0 unspecified atom stereocenters. The van der Waals surface area contributed by atoms with Gasteiger partial charge in [0.25, 0.3) is 0 Å². The number of rotatable bonds is 2. The van der Waals surface area contributed by atoms with Crippen molar-refractivity contribution in [3.8, 4) is 5.75 Å². The molecule has 0 fully saturated rings. The molecule has 3 aromatic carbocycles. The second kappa shape index (κ2) is 5.65. The van der Waals surface area contributed by atoms with E-state index < -0.39 is 0 Å². The van der Waals surface area contributed by atoms with Gasteiger partial charge in [0.15, 0.2) is 11.6 Å². The summed E-state index contributed by atoms with van der Waals surface area (Å²) in [6.45, 7) is 0. The lowest BCUT2D eigenvalue weighted by Gasteiger charge is -2.20. The summed E-state index contributed by atoms with van der Waals surface area (Å²) in [5.41, 5.74) is 1.11. The van der Waals surface area contributed by atoms with Gasteiger partial charge in [-0.1, -0.05) is 54.2 Å². The van der Waals surface area contributed by atoms with Crippen molar-refractivity contribution in [3.63, 3.8) is 0 Å². The fraction of sp³-hybridized carbons (Fsp3) is 0. The Balaban J connectivity index is 1.92. The summed E-state index contributed by atoms with van der Waals surface area (Å²) in [5, 5.41) is 10.2. The normalized spacial score (nSPS) is 12.7. The minimum absolute atomic E-state index is 0.0969. The number of phenolic OH excluding ortho intramolecular Hbond substituents is 1. The highest BCUT2D eigenvalue weighted by atomic mass is 32.2. The van der Waals surface area contributed by atoms with E-state index in [4.69, 9.17) is 0 Å². The highest BCUT2D eigenvalue weighted by molar-refractivity contribution is 7.99. The first kappa shape index (κ1) is 14.7. The van der Waals surface area contributed by atoms with Crippen LogP contribution in [-0.4, -0.2) is 16.7 Å². The lowest BCUT2D eigenvalue weighted by Crippen LogP contribution is -2.21. The lowest BCUT2D eigenvalue weighted by atomic mass is 9.83. The van der Waals surface area contributed by atoms with E-state index in [0.717, 1.165) is 4.90 Å². The molecule has 24 heavy (non-hydrogen) atoms. The second-order valence-corrected chi connectivity index (χ2v) is 6.57. The first-order valence-electron chi connectivity index (χ1n) is 7.44. The fourth-order valence-electron chi connectivity index (χ4n) is 2.88. The van der Waals surface area contributed by atoms with Gasteiger partial charge in [-0.3, -0.25) is 9.59 Å². The van der Waals surface area contributed by atoms with E-state index in [1.165, 1.54) is 17.8 Å². The first-order valence-corrected chi connectivity index (χ1v) is 8.26. The van der Waals surface area contributed by atoms with Gasteiger partial charge in [0, 0.05) is 20.9 Å². The molecule has 3 aromatic rings. The molecule has 0 saturated heterocycles. The minimum Gasteiger partial charge on any atom is -0.507 e. The van der Waals surface area contributed by atoms with E-state index in [0.29, 0.717) is 16.0 Å². The van der Waals surface area contributed by atoms with E-state index in [9.17, 15) is 14.7 Å². The highest BCUT2D eigenvalue weighted by Crippen LogP contribution is 2.40. The number of benzene rings is 3. The average molecular weight is 332 g/mol. The zero-order chi connectivity index (χ0) is 16.7. The van der Waals surface area contributed by atoms with Crippen molar-refractivity contribution in [1.29, 1.82) is 0 Å². The predicted molar refractivity (Wildman–Crippen MR) is 92.0 cm³/mol. The van der Waals surface area contributed by atoms with Crippen LogP contribution in [-0.2, 0) is 0 Å². The number of hydrogen-bond donors (Lipinski definition) is 1. The van der Waals surface area contributed by atoms with E-state index in [1.54, 1.807) is 30.3 Å². The molecule has 0 spiro atoms. The van der Waals surface area contributed by atoms with Crippen LogP contribution in [0.15, 0.2) is 76.5 Å². The minimum atomic E-state index is -0.312. The maximum Gasteiger partial charge on any atom is 0.198 e. The summed E-state index contributed by atoms with van der Waals surface area (Å²) >= 11 is 1.41. The Morgan fingerprint density at radius 2 is 1.25 bits per heavy atom. The summed E-state index contributed by atoms with van der Waals surface area (Å²) in [6.07, 6.45) is 0. The quantitative estimate of drug-likeness (QED) is 0.594. The smallest absolute Gasteiger partial charge is 0.198 e. The van der Waals surface area contributed by atoms with Gasteiger partial charge in [0.1, 0.15) is 5.75 Å². The zero-order valence-corrected chi connectivity index (χ0v) is 13.3. The molecular weight excluding hydrogens is 320 g/mol. The van der Waals surface area contributed by atoms with Crippen LogP contribution in [0.5, 0.6) is 5.75 Å².